The Morgan fingerprint density at radius 1 is 1.20 bits per heavy atom. The normalized spacial score (nSPS) is 21.7. The SMILES string of the molecule is C[C@@H]1CN(c2ccc(C#N)c3ncccc23)C/C(=C\N2CCN(c3nc4c(s3)CNCC4)CC2)O1. The molecule has 3 aromatic rings. The third-order valence-electron chi connectivity index (χ3n) is 6.89. The molecule has 3 aliphatic heterocycles. The molecule has 6 rings (SSSR count). The second-order valence-electron chi connectivity index (χ2n) is 9.36. The van der Waals surface area contributed by atoms with Gasteiger partial charge < -0.3 is 24.8 Å². The highest BCUT2D eigenvalue weighted by Crippen LogP contribution is 2.32. The van der Waals surface area contributed by atoms with Crippen LogP contribution in [0.5, 0.6) is 0 Å². The van der Waals surface area contributed by atoms with E-state index in [1.165, 1.54) is 15.7 Å². The van der Waals surface area contributed by atoms with Gasteiger partial charge in [0, 0.05) is 74.0 Å². The van der Waals surface area contributed by atoms with E-state index < -0.39 is 0 Å². The number of hydrogen-bond donors (Lipinski definition) is 1. The van der Waals surface area contributed by atoms with Gasteiger partial charge in [-0.05, 0) is 31.2 Å². The van der Waals surface area contributed by atoms with Crippen LogP contribution >= 0.6 is 11.3 Å². The molecule has 0 saturated carbocycles. The quantitative estimate of drug-likeness (QED) is 0.604. The number of nitrogens with zero attached hydrogens (tertiary/aromatic N) is 6. The Balaban J connectivity index is 1.16. The van der Waals surface area contributed by atoms with E-state index >= 15 is 0 Å². The van der Waals surface area contributed by atoms with Gasteiger partial charge in [0.25, 0.3) is 0 Å². The molecule has 0 bridgehead atoms. The van der Waals surface area contributed by atoms with Gasteiger partial charge in [0.05, 0.1) is 29.9 Å². The Morgan fingerprint density at radius 3 is 2.91 bits per heavy atom. The van der Waals surface area contributed by atoms with E-state index in [4.69, 9.17) is 9.72 Å². The summed E-state index contributed by atoms with van der Waals surface area (Å²) >= 11 is 1.84. The lowest BCUT2D eigenvalue weighted by atomic mass is 10.1. The van der Waals surface area contributed by atoms with Gasteiger partial charge in [0.2, 0.25) is 0 Å². The molecule has 1 atom stereocenters. The van der Waals surface area contributed by atoms with E-state index in [0.29, 0.717) is 12.1 Å². The summed E-state index contributed by atoms with van der Waals surface area (Å²) in [6.45, 7) is 9.43. The summed E-state index contributed by atoms with van der Waals surface area (Å²) in [6, 6.07) is 10.2. The van der Waals surface area contributed by atoms with Crippen LogP contribution in [-0.4, -0.2) is 66.8 Å². The molecule has 35 heavy (non-hydrogen) atoms. The van der Waals surface area contributed by atoms with Crippen LogP contribution in [-0.2, 0) is 17.7 Å². The second kappa shape index (κ2) is 9.36. The van der Waals surface area contributed by atoms with Crippen molar-refractivity contribution < 1.29 is 4.74 Å². The van der Waals surface area contributed by atoms with Crippen molar-refractivity contribution in [2.45, 2.75) is 26.0 Å². The van der Waals surface area contributed by atoms with Crippen LogP contribution in [0.1, 0.15) is 23.1 Å². The maximum Gasteiger partial charge on any atom is 0.185 e. The van der Waals surface area contributed by atoms with Gasteiger partial charge in [-0.25, -0.2) is 4.98 Å². The van der Waals surface area contributed by atoms with Crippen molar-refractivity contribution >= 4 is 33.1 Å². The summed E-state index contributed by atoms with van der Waals surface area (Å²) in [4.78, 5) is 17.9. The monoisotopic (exact) mass is 487 g/mol. The van der Waals surface area contributed by atoms with E-state index in [1.54, 1.807) is 6.20 Å². The summed E-state index contributed by atoms with van der Waals surface area (Å²) < 4.78 is 6.24. The lowest BCUT2D eigenvalue weighted by Crippen LogP contribution is -2.45. The Bertz CT molecular complexity index is 1280. The number of thiazole rings is 1. The molecule has 0 spiro atoms. The summed E-state index contributed by atoms with van der Waals surface area (Å²) in [5.41, 5.74) is 3.74. The smallest absolute Gasteiger partial charge is 0.185 e. The summed E-state index contributed by atoms with van der Waals surface area (Å²) in [6.07, 6.45) is 5.06. The van der Waals surface area contributed by atoms with Crippen molar-refractivity contribution in [2.24, 2.45) is 0 Å². The molecule has 180 valence electrons. The third-order valence-corrected chi connectivity index (χ3v) is 8.05. The van der Waals surface area contributed by atoms with Crippen molar-refractivity contribution in [3.63, 3.8) is 0 Å². The highest BCUT2D eigenvalue weighted by atomic mass is 32.1. The Morgan fingerprint density at radius 2 is 2.09 bits per heavy atom. The first-order chi connectivity index (χ1) is 17.2. The number of nitriles is 1. The zero-order valence-electron chi connectivity index (χ0n) is 19.9. The molecule has 0 aliphatic carbocycles. The Labute approximate surface area is 209 Å². The van der Waals surface area contributed by atoms with Crippen LogP contribution in [0.25, 0.3) is 10.9 Å². The van der Waals surface area contributed by atoms with Crippen molar-refractivity contribution in [2.75, 3.05) is 55.6 Å². The van der Waals surface area contributed by atoms with Crippen LogP contribution in [0.3, 0.4) is 0 Å². The molecular formula is C26H29N7OS. The van der Waals surface area contributed by atoms with Crippen LogP contribution in [0.15, 0.2) is 42.4 Å². The highest BCUT2D eigenvalue weighted by molar-refractivity contribution is 7.15. The fourth-order valence-electron chi connectivity index (χ4n) is 5.17. The molecule has 2 aromatic heterocycles. The highest BCUT2D eigenvalue weighted by Gasteiger charge is 2.26. The molecule has 3 aliphatic rings. The number of hydrogen-bond acceptors (Lipinski definition) is 9. The number of piperazine rings is 1. The molecule has 0 unspecified atom stereocenters. The van der Waals surface area contributed by atoms with E-state index in [0.717, 1.165) is 74.6 Å². The van der Waals surface area contributed by atoms with Crippen LogP contribution in [0, 0.1) is 11.3 Å². The Kier molecular flexibility index (Phi) is 5.92. The predicted octanol–water partition coefficient (Wildman–Crippen LogP) is 3.10. The average Bonchev–Trinajstić information content (AvgIpc) is 3.32. The Hall–Kier alpha value is -3.35. The van der Waals surface area contributed by atoms with Gasteiger partial charge in [-0.1, -0.05) is 0 Å². The molecular weight excluding hydrogens is 458 g/mol. The summed E-state index contributed by atoms with van der Waals surface area (Å²) in [7, 11) is 0. The lowest BCUT2D eigenvalue weighted by Gasteiger charge is -2.38. The van der Waals surface area contributed by atoms with Crippen LogP contribution < -0.4 is 15.1 Å². The number of pyridine rings is 1. The maximum absolute atomic E-state index is 9.49. The number of aromatic nitrogens is 2. The van der Waals surface area contributed by atoms with Crippen molar-refractivity contribution in [3.05, 3.63) is 58.6 Å². The van der Waals surface area contributed by atoms with Gasteiger partial charge in [0.1, 0.15) is 17.9 Å². The maximum atomic E-state index is 9.49. The van der Waals surface area contributed by atoms with Crippen LogP contribution in [0.2, 0.25) is 0 Å². The van der Waals surface area contributed by atoms with Gasteiger partial charge >= 0.3 is 0 Å². The number of anilines is 2. The van der Waals surface area contributed by atoms with E-state index in [1.807, 2.05) is 35.6 Å². The molecule has 1 aromatic carbocycles. The third kappa shape index (κ3) is 4.40. The number of morpholine rings is 1. The minimum absolute atomic E-state index is 0.0777. The summed E-state index contributed by atoms with van der Waals surface area (Å²) in [5, 5.41) is 15.1. The second-order valence-corrected chi connectivity index (χ2v) is 10.4. The number of ether oxygens (including phenoxy) is 1. The van der Waals surface area contributed by atoms with Gasteiger partial charge in [-0.3, -0.25) is 4.98 Å². The number of benzene rings is 1. The first-order valence-corrected chi connectivity index (χ1v) is 13.1. The fraction of sp³-hybridized carbons (Fsp3) is 0.423. The van der Waals surface area contributed by atoms with E-state index in [9.17, 15) is 5.26 Å². The number of fused-ring (bicyclic) bond motifs is 2. The largest absolute Gasteiger partial charge is 0.490 e. The fourth-order valence-corrected chi connectivity index (χ4v) is 6.30. The molecule has 5 heterocycles. The zero-order chi connectivity index (χ0) is 23.8. The predicted molar refractivity (Wildman–Crippen MR) is 139 cm³/mol. The van der Waals surface area contributed by atoms with Gasteiger partial charge in [0.15, 0.2) is 5.13 Å². The lowest BCUT2D eigenvalue weighted by molar-refractivity contribution is 0.107. The minimum atomic E-state index is 0.0777. The minimum Gasteiger partial charge on any atom is -0.490 e. The number of nitrogens with one attached hydrogen (secondary N) is 1. The van der Waals surface area contributed by atoms with Crippen molar-refractivity contribution in [1.29, 1.82) is 5.26 Å². The molecule has 0 radical (unpaired) electrons. The van der Waals surface area contributed by atoms with Crippen molar-refractivity contribution in [1.82, 2.24) is 20.2 Å². The number of rotatable bonds is 3. The first kappa shape index (κ1) is 22.1. The van der Waals surface area contributed by atoms with E-state index in [2.05, 4.69) is 44.2 Å². The standard InChI is InChI=1S/C26H29N7OS/c1-18-15-33(23-5-4-19(13-27)25-21(23)3-2-7-29-25)17-20(34-18)16-31-9-11-32(12-10-31)26-30-22-6-8-28-14-24(22)35-26/h2-5,7,16,18,28H,6,8-12,14-15,17H2,1H3/b20-16+/t18-/m1/s1. The molecule has 8 nitrogen and oxygen atoms in total. The van der Waals surface area contributed by atoms with Crippen molar-refractivity contribution in [3.8, 4) is 6.07 Å². The molecule has 2 fully saturated rings. The molecule has 9 heteroatoms. The molecule has 0 amide bonds. The average molecular weight is 488 g/mol. The zero-order valence-corrected chi connectivity index (χ0v) is 20.7. The molecule has 1 N–H and O–H groups in total. The molecule has 2 saturated heterocycles. The van der Waals surface area contributed by atoms with Gasteiger partial charge in [-0.15, -0.1) is 11.3 Å². The summed E-state index contributed by atoms with van der Waals surface area (Å²) in [5.74, 6) is 0.981. The van der Waals surface area contributed by atoms with Crippen LogP contribution in [0.4, 0.5) is 10.8 Å². The first-order valence-electron chi connectivity index (χ1n) is 12.3. The van der Waals surface area contributed by atoms with E-state index in [-0.39, 0.29) is 6.10 Å². The topological polar surface area (TPSA) is 80.6 Å². The van der Waals surface area contributed by atoms with Gasteiger partial charge in [-0.2, -0.15) is 5.26 Å².